The van der Waals surface area contributed by atoms with E-state index in [9.17, 15) is 9.90 Å². The van der Waals surface area contributed by atoms with E-state index in [1.165, 1.54) is 11.3 Å². The number of hydrogen-bond acceptors (Lipinski definition) is 4. The SMILES string of the molecule is CCOCC(N)Cc1ccc(N2CC3CCC(C2)N3C(=O)O)cc1. The van der Waals surface area contributed by atoms with Crippen molar-refractivity contribution in [2.45, 2.75) is 44.3 Å². The highest BCUT2D eigenvalue weighted by Gasteiger charge is 2.42. The summed E-state index contributed by atoms with van der Waals surface area (Å²) in [5.74, 6) is 0. The molecule has 1 aromatic carbocycles. The van der Waals surface area contributed by atoms with Crippen LogP contribution in [0, 0.1) is 0 Å². The molecule has 132 valence electrons. The van der Waals surface area contributed by atoms with Gasteiger partial charge >= 0.3 is 6.09 Å². The zero-order chi connectivity index (χ0) is 17.1. The van der Waals surface area contributed by atoms with Gasteiger partial charge in [-0.05, 0) is 43.9 Å². The third-order valence-corrected chi connectivity index (χ3v) is 5.04. The molecular formula is C18H27N3O3. The molecule has 2 heterocycles. The second kappa shape index (κ2) is 7.40. The van der Waals surface area contributed by atoms with Crippen molar-refractivity contribution in [3.63, 3.8) is 0 Å². The maximum atomic E-state index is 11.4. The van der Waals surface area contributed by atoms with E-state index in [-0.39, 0.29) is 18.1 Å². The molecule has 2 fully saturated rings. The number of rotatable bonds is 6. The molecule has 6 nitrogen and oxygen atoms in total. The van der Waals surface area contributed by atoms with Crippen molar-refractivity contribution in [3.8, 4) is 0 Å². The van der Waals surface area contributed by atoms with E-state index in [0.717, 1.165) is 32.4 Å². The van der Waals surface area contributed by atoms with Crippen molar-refractivity contribution in [1.29, 1.82) is 0 Å². The second-order valence-electron chi connectivity index (χ2n) is 6.77. The van der Waals surface area contributed by atoms with E-state index in [1.807, 2.05) is 6.92 Å². The number of anilines is 1. The number of amides is 1. The summed E-state index contributed by atoms with van der Waals surface area (Å²) in [6.45, 7) is 4.81. The number of benzene rings is 1. The molecule has 1 aromatic rings. The molecule has 3 N–H and O–H groups in total. The highest BCUT2D eigenvalue weighted by atomic mass is 16.5. The van der Waals surface area contributed by atoms with Gasteiger partial charge in [0.05, 0.1) is 18.7 Å². The highest BCUT2D eigenvalue weighted by molar-refractivity contribution is 5.67. The van der Waals surface area contributed by atoms with Crippen LogP contribution in [0.2, 0.25) is 0 Å². The Morgan fingerprint density at radius 2 is 1.92 bits per heavy atom. The summed E-state index contributed by atoms with van der Waals surface area (Å²) in [5.41, 5.74) is 8.44. The van der Waals surface area contributed by atoms with Crippen LogP contribution in [0.4, 0.5) is 10.5 Å². The Labute approximate surface area is 143 Å². The summed E-state index contributed by atoms with van der Waals surface area (Å²) in [6, 6.07) is 8.75. The first-order chi connectivity index (χ1) is 11.6. The van der Waals surface area contributed by atoms with Crippen LogP contribution < -0.4 is 10.6 Å². The molecule has 1 amide bonds. The van der Waals surface area contributed by atoms with E-state index in [0.29, 0.717) is 13.2 Å². The summed E-state index contributed by atoms with van der Waals surface area (Å²) in [5, 5.41) is 9.34. The number of ether oxygens (including phenoxy) is 1. The van der Waals surface area contributed by atoms with Gasteiger partial charge in [0.1, 0.15) is 0 Å². The van der Waals surface area contributed by atoms with Crippen LogP contribution in [-0.2, 0) is 11.2 Å². The molecule has 24 heavy (non-hydrogen) atoms. The van der Waals surface area contributed by atoms with Crippen molar-refractivity contribution in [1.82, 2.24) is 4.90 Å². The maximum Gasteiger partial charge on any atom is 0.407 e. The van der Waals surface area contributed by atoms with Gasteiger partial charge < -0.3 is 20.5 Å². The van der Waals surface area contributed by atoms with Crippen molar-refractivity contribution in [2.75, 3.05) is 31.2 Å². The Kier molecular flexibility index (Phi) is 5.26. The van der Waals surface area contributed by atoms with Crippen molar-refractivity contribution < 1.29 is 14.6 Å². The number of carboxylic acid groups (broad SMARTS) is 1. The number of fused-ring (bicyclic) bond motifs is 2. The largest absolute Gasteiger partial charge is 0.465 e. The van der Waals surface area contributed by atoms with Crippen LogP contribution >= 0.6 is 0 Å². The standard InChI is InChI=1S/C18H27N3O3/c1-2-24-12-14(19)9-13-3-5-15(6-4-13)20-10-16-7-8-17(11-20)21(16)18(22)23/h3-6,14,16-17H,2,7-12,19H2,1H3,(H,22,23). The summed E-state index contributed by atoms with van der Waals surface area (Å²) < 4.78 is 5.36. The molecule has 2 aliphatic heterocycles. The Hall–Kier alpha value is -1.79. The summed E-state index contributed by atoms with van der Waals surface area (Å²) in [6.07, 6.45) is 1.97. The van der Waals surface area contributed by atoms with Crippen molar-refractivity contribution in [2.24, 2.45) is 5.73 Å². The fraction of sp³-hybridized carbons (Fsp3) is 0.611. The zero-order valence-corrected chi connectivity index (χ0v) is 14.2. The molecule has 3 unspecified atom stereocenters. The van der Waals surface area contributed by atoms with E-state index in [4.69, 9.17) is 10.5 Å². The van der Waals surface area contributed by atoms with E-state index < -0.39 is 6.09 Å². The lowest BCUT2D eigenvalue weighted by molar-refractivity contribution is 0.115. The minimum absolute atomic E-state index is 0.0192. The zero-order valence-electron chi connectivity index (χ0n) is 14.2. The molecule has 6 heteroatoms. The molecule has 0 aliphatic carbocycles. The van der Waals surface area contributed by atoms with Gasteiger partial charge in [0.15, 0.2) is 0 Å². The molecule has 0 aromatic heterocycles. The molecule has 0 radical (unpaired) electrons. The number of hydrogen-bond donors (Lipinski definition) is 2. The van der Waals surface area contributed by atoms with Crippen molar-refractivity contribution >= 4 is 11.8 Å². The van der Waals surface area contributed by atoms with Gasteiger partial charge in [-0.2, -0.15) is 0 Å². The average Bonchev–Trinajstić information content (AvgIpc) is 2.84. The van der Waals surface area contributed by atoms with E-state index >= 15 is 0 Å². The van der Waals surface area contributed by atoms with Gasteiger partial charge in [0.2, 0.25) is 0 Å². The van der Waals surface area contributed by atoms with Gasteiger partial charge in [0.25, 0.3) is 0 Å². The van der Waals surface area contributed by atoms with Gasteiger partial charge in [-0.25, -0.2) is 4.79 Å². The van der Waals surface area contributed by atoms with Crippen LogP contribution in [0.25, 0.3) is 0 Å². The lowest BCUT2D eigenvalue weighted by atomic mass is 10.1. The normalized spacial score (nSPS) is 24.2. The van der Waals surface area contributed by atoms with E-state index in [1.54, 1.807) is 4.90 Å². The first kappa shape index (κ1) is 17.0. The minimum Gasteiger partial charge on any atom is -0.465 e. The van der Waals surface area contributed by atoms with Crippen molar-refractivity contribution in [3.05, 3.63) is 29.8 Å². The summed E-state index contributed by atoms with van der Waals surface area (Å²) in [7, 11) is 0. The third-order valence-electron chi connectivity index (χ3n) is 5.04. The van der Waals surface area contributed by atoms with Crippen LogP contribution in [0.1, 0.15) is 25.3 Å². The van der Waals surface area contributed by atoms with Crippen LogP contribution in [0.5, 0.6) is 0 Å². The van der Waals surface area contributed by atoms with Crippen LogP contribution in [0.15, 0.2) is 24.3 Å². The molecule has 3 rings (SSSR count). The molecule has 0 spiro atoms. The molecule has 0 saturated carbocycles. The van der Waals surface area contributed by atoms with Gasteiger partial charge in [-0.3, -0.25) is 4.90 Å². The number of nitrogens with two attached hydrogens (primary N) is 1. The maximum absolute atomic E-state index is 11.4. The second-order valence-corrected chi connectivity index (χ2v) is 6.77. The third kappa shape index (κ3) is 3.65. The van der Waals surface area contributed by atoms with Crippen LogP contribution in [0.3, 0.4) is 0 Å². The fourth-order valence-corrected chi connectivity index (χ4v) is 3.90. The predicted octanol–water partition coefficient (Wildman–Crippen LogP) is 1.92. The molecular weight excluding hydrogens is 306 g/mol. The van der Waals surface area contributed by atoms with Gasteiger partial charge in [-0.1, -0.05) is 12.1 Å². The lowest BCUT2D eigenvalue weighted by Crippen LogP contribution is -2.55. The minimum atomic E-state index is -0.777. The highest BCUT2D eigenvalue weighted by Crippen LogP contribution is 2.32. The number of nitrogens with zero attached hydrogens (tertiary/aromatic N) is 2. The Balaban J connectivity index is 1.60. The van der Waals surface area contributed by atoms with Gasteiger partial charge in [-0.15, -0.1) is 0 Å². The Bertz CT molecular complexity index is 549. The monoisotopic (exact) mass is 333 g/mol. The molecule has 2 aliphatic rings. The first-order valence-electron chi connectivity index (χ1n) is 8.77. The van der Waals surface area contributed by atoms with Gasteiger partial charge in [0, 0.05) is 31.4 Å². The molecule has 2 saturated heterocycles. The Morgan fingerprint density at radius 1 is 1.29 bits per heavy atom. The first-order valence-corrected chi connectivity index (χ1v) is 8.77. The lowest BCUT2D eigenvalue weighted by Gasteiger charge is -2.40. The molecule has 2 bridgehead atoms. The topological polar surface area (TPSA) is 79.0 Å². The smallest absolute Gasteiger partial charge is 0.407 e. The van der Waals surface area contributed by atoms with E-state index in [2.05, 4.69) is 29.2 Å². The summed E-state index contributed by atoms with van der Waals surface area (Å²) >= 11 is 0. The summed E-state index contributed by atoms with van der Waals surface area (Å²) in [4.78, 5) is 15.3. The van der Waals surface area contributed by atoms with Crippen LogP contribution in [-0.4, -0.2) is 60.5 Å². The number of piperazine rings is 1. The predicted molar refractivity (Wildman–Crippen MR) is 93.5 cm³/mol. The fourth-order valence-electron chi connectivity index (χ4n) is 3.90. The molecule has 3 atom stereocenters. The average molecular weight is 333 g/mol. The quantitative estimate of drug-likeness (QED) is 0.831. The Morgan fingerprint density at radius 3 is 2.46 bits per heavy atom. The number of carbonyl (C=O) groups is 1.